The summed E-state index contributed by atoms with van der Waals surface area (Å²) in [5, 5.41) is 3.21. The molecule has 0 radical (unpaired) electrons. The molecule has 1 aliphatic heterocycles. The summed E-state index contributed by atoms with van der Waals surface area (Å²) in [5.41, 5.74) is 1.29. The molecule has 2 aromatic rings. The highest BCUT2D eigenvalue weighted by atomic mass is 35.5. The lowest BCUT2D eigenvalue weighted by Gasteiger charge is -2.38. The Morgan fingerprint density at radius 3 is 2.43 bits per heavy atom. The summed E-state index contributed by atoms with van der Waals surface area (Å²) in [7, 11) is -1.32. The maximum atomic E-state index is 12.6. The third kappa shape index (κ3) is 6.41. The summed E-state index contributed by atoms with van der Waals surface area (Å²) in [6, 6.07) is 17.0. The summed E-state index contributed by atoms with van der Waals surface area (Å²) in [6.45, 7) is 0.562. The average Bonchev–Trinajstić information content (AvgIpc) is 2.76. The molecule has 1 heterocycles. The Labute approximate surface area is 185 Å². The molecule has 1 aliphatic rings. The van der Waals surface area contributed by atoms with Gasteiger partial charge < -0.3 is 10.2 Å². The van der Waals surface area contributed by atoms with E-state index < -0.39 is 16.2 Å². The van der Waals surface area contributed by atoms with Gasteiger partial charge in [-0.1, -0.05) is 54.8 Å². The van der Waals surface area contributed by atoms with Crippen LogP contribution in [0.5, 0.6) is 0 Å². The molecule has 1 fully saturated rings. The van der Waals surface area contributed by atoms with Crippen LogP contribution in [0.15, 0.2) is 59.5 Å². The van der Waals surface area contributed by atoms with Crippen molar-refractivity contribution in [2.45, 2.75) is 48.8 Å². The van der Waals surface area contributed by atoms with Gasteiger partial charge in [0.15, 0.2) is 0 Å². The Balaban J connectivity index is 1.30. The second kappa shape index (κ2) is 11.3. The van der Waals surface area contributed by atoms with Gasteiger partial charge in [0.05, 0.1) is 17.2 Å². The van der Waals surface area contributed by atoms with E-state index >= 15 is 0 Å². The fourth-order valence-electron chi connectivity index (χ4n) is 3.42. The highest BCUT2D eigenvalue weighted by molar-refractivity contribution is 7.85. The first-order chi connectivity index (χ1) is 14.5. The number of β-lactam (4-membered cyclic amide) rings is 1. The first-order valence-electron chi connectivity index (χ1n) is 10.3. The number of aryl methyl sites for hydroxylation is 1. The number of rotatable bonds is 11. The van der Waals surface area contributed by atoms with Crippen LogP contribution < -0.4 is 5.32 Å². The molecule has 7 heteroatoms. The van der Waals surface area contributed by atoms with Crippen molar-refractivity contribution < 1.29 is 13.8 Å². The topological polar surface area (TPSA) is 66.5 Å². The lowest BCUT2D eigenvalue weighted by Crippen LogP contribution is -2.57. The molecule has 0 saturated carbocycles. The standard InChI is InChI=1S/C23H27ClN2O3S/c24-19-13-11-18(12-14-19)8-4-1-2-7-15-25-21(27)17-26-22(28)16-23(26)30(29)20-9-5-3-6-10-20/h3,5-6,9-14,23H,1-2,4,7-8,15-17H2,(H,25,27)/t23-,30+/m0/s1. The summed E-state index contributed by atoms with van der Waals surface area (Å²) in [5.74, 6) is -0.319. The minimum atomic E-state index is -1.32. The van der Waals surface area contributed by atoms with Crippen molar-refractivity contribution in [1.82, 2.24) is 10.2 Å². The third-order valence-corrected chi connectivity index (χ3v) is 7.09. The summed E-state index contributed by atoms with van der Waals surface area (Å²) in [4.78, 5) is 26.2. The van der Waals surface area contributed by atoms with Crippen molar-refractivity contribution in [2.75, 3.05) is 13.1 Å². The molecular weight excluding hydrogens is 420 g/mol. The normalized spacial score (nSPS) is 16.8. The number of unbranched alkanes of at least 4 members (excludes halogenated alkanes) is 3. The Kier molecular flexibility index (Phi) is 8.46. The minimum Gasteiger partial charge on any atom is -0.355 e. The van der Waals surface area contributed by atoms with Crippen molar-refractivity contribution in [3.8, 4) is 0 Å². The number of nitrogens with zero attached hydrogens (tertiary/aromatic N) is 1. The van der Waals surface area contributed by atoms with Gasteiger partial charge in [-0.2, -0.15) is 0 Å². The second-order valence-electron chi connectivity index (χ2n) is 7.43. The molecule has 160 valence electrons. The number of amides is 2. The largest absolute Gasteiger partial charge is 0.355 e. The molecule has 2 atom stereocenters. The van der Waals surface area contributed by atoms with Crippen LogP contribution >= 0.6 is 11.6 Å². The number of hydrogen-bond acceptors (Lipinski definition) is 3. The van der Waals surface area contributed by atoms with Crippen molar-refractivity contribution in [1.29, 1.82) is 0 Å². The summed E-state index contributed by atoms with van der Waals surface area (Å²) < 4.78 is 12.6. The van der Waals surface area contributed by atoms with Crippen LogP contribution in [0.2, 0.25) is 5.02 Å². The molecular formula is C23H27ClN2O3S. The molecule has 3 rings (SSSR count). The number of nitrogens with one attached hydrogen (secondary N) is 1. The second-order valence-corrected chi connectivity index (χ2v) is 9.48. The number of halogens is 1. The molecule has 1 saturated heterocycles. The molecule has 5 nitrogen and oxygen atoms in total. The minimum absolute atomic E-state index is 0.0291. The maximum absolute atomic E-state index is 12.6. The first-order valence-corrected chi connectivity index (χ1v) is 11.9. The fraction of sp³-hybridized carbons (Fsp3) is 0.391. The summed E-state index contributed by atoms with van der Waals surface area (Å²) in [6.07, 6.45) is 5.39. The monoisotopic (exact) mass is 446 g/mol. The van der Waals surface area contributed by atoms with Crippen LogP contribution in [0.1, 0.15) is 37.7 Å². The molecule has 1 N–H and O–H groups in total. The van der Waals surface area contributed by atoms with Crippen molar-refractivity contribution in [2.24, 2.45) is 0 Å². The zero-order valence-electron chi connectivity index (χ0n) is 16.9. The van der Waals surface area contributed by atoms with E-state index in [-0.39, 0.29) is 24.8 Å². The van der Waals surface area contributed by atoms with Crippen LogP contribution in [0.25, 0.3) is 0 Å². The third-order valence-electron chi connectivity index (χ3n) is 5.18. The van der Waals surface area contributed by atoms with E-state index in [0.29, 0.717) is 11.4 Å². The zero-order chi connectivity index (χ0) is 21.3. The van der Waals surface area contributed by atoms with E-state index in [1.807, 2.05) is 30.3 Å². The van der Waals surface area contributed by atoms with E-state index in [1.54, 1.807) is 12.1 Å². The molecule has 0 bridgehead atoms. The molecule has 0 spiro atoms. The van der Waals surface area contributed by atoms with Gasteiger partial charge in [-0.15, -0.1) is 0 Å². The lowest BCUT2D eigenvalue weighted by molar-refractivity contribution is -0.145. The Morgan fingerprint density at radius 1 is 1.03 bits per heavy atom. The van der Waals surface area contributed by atoms with Gasteiger partial charge in [-0.05, 0) is 49.1 Å². The van der Waals surface area contributed by atoms with Crippen LogP contribution in [0.4, 0.5) is 0 Å². The number of carbonyl (C=O) groups is 2. The number of benzene rings is 2. The van der Waals surface area contributed by atoms with E-state index in [4.69, 9.17) is 11.6 Å². The predicted molar refractivity (Wildman–Crippen MR) is 120 cm³/mol. The summed E-state index contributed by atoms with van der Waals surface area (Å²) >= 11 is 5.89. The predicted octanol–water partition coefficient (Wildman–Crippen LogP) is 3.93. The van der Waals surface area contributed by atoms with Crippen LogP contribution in [-0.4, -0.2) is 39.4 Å². The average molecular weight is 447 g/mol. The van der Waals surface area contributed by atoms with Crippen LogP contribution in [-0.2, 0) is 26.8 Å². The Bertz CT molecular complexity index is 874. The fourth-order valence-corrected chi connectivity index (χ4v) is 5.00. The van der Waals surface area contributed by atoms with Gasteiger partial charge in [0.25, 0.3) is 0 Å². The van der Waals surface area contributed by atoms with E-state index in [1.165, 1.54) is 10.5 Å². The molecule has 2 aromatic carbocycles. The lowest BCUT2D eigenvalue weighted by atomic mass is 10.1. The zero-order valence-corrected chi connectivity index (χ0v) is 18.5. The number of hydrogen-bond donors (Lipinski definition) is 1. The van der Waals surface area contributed by atoms with Crippen molar-refractivity contribution in [3.63, 3.8) is 0 Å². The van der Waals surface area contributed by atoms with Crippen molar-refractivity contribution in [3.05, 3.63) is 65.2 Å². The van der Waals surface area contributed by atoms with Crippen molar-refractivity contribution >= 4 is 34.2 Å². The van der Waals surface area contributed by atoms with Gasteiger partial charge in [0.1, 0.15) is 11.9 Å². The molecule has 0 aliphatic carbocycles. The SMILES string of the molecule is O=C(CN1C(=O)C[C@@H]1[S@](=O)c1ccccc1)NCCCCCCc1ccc(Cl)cc1. The van der Waals surface area contributed by atoms with Gasteiger partial charge >= 0.3 is 0 Å². The van der Waals surface area contributed by atoms with Gasteiger partial charge in [-0.3, -0.25) is 13.8 Å². The highest BCUT2D eigenvalue weighted by Crippen LogP contribution is 2.26. The number of likely N-dealkylation sites (tertiary alicyclic amines) is 1. The van der Waals surface area contributed by atoms with Gasteiger partial charge in [-0.25, -0.2) is 0 Å². The highest BCUT2D eigenvalue weighted by Gasteiger charge is 2.41. The Morgan fingerprint density at radius 2 is 1.73 bits per heavy atom. The first kappa shape index (κ1) is 22.5. The smallest absolute Gasteiger partial charge is 0.239 e. The maximum Gasteiger partial charge on any atom is 0.239 e. The van der Waals surface area contributed by atoms with Crippen LogP contribution in [0, 0.1) is 0 Å². The van der Waals surface area contributed by atoms with Gasteiger partial charge in [0.2, 0.25) is 11.8 Å². The molecule has 0 unspecified atom stereocenters. The van der Waals surface area contributed by atoms with E-state index in [2.05, 4.69) is 17.4 Å². The quantitative estimate of drug-likeness (QED) is 0.420. The molecule has 2 amide bonds. The van der Waals surface area contributed by atoms with E-state index in [0.717, 1.165) is 37.1 Å². The van der Waals surface area contributed by atoms with E-state index in [9.17, 15) is 13.8 Å². The van der Waals surface area contributed by atoms with Crippen LogP contribution in [0.3, 0.4) is 0 Å². The molecule has 30 heavy (non-hydrogen) atoms. The van der Waals surface area contributed by atoms with Gasteiger partial charge in [0, 0.05) is 16.5 Å². The number of carbonyl (C=O) groups excluding carboxylic acids is 2. The Hall–Kier alpha value is -2.18. The molecule has 0 aromatic heterocycles.